The smallest absolute Gasteiger partial charge is 0.169 e. The molecule has 0 radical (unpaired) electrons. The van der Waals surface area contributed by atoms with Crippen LogP contribution in [-0.2, 0) is 4.79 Å². The molecule has 1 saturated carbocycles. The van der Waals surface area contributed by atoms with E-state index >= 15 is 0 Å². The van der Waals surface area contributed by atoms with E-state index < -0.39 is 0 Å². The molecule has 2 aliphatic carbocycles. The Morgan fingerprint density at radius 1 is 1.36 bits per heavy atom. The van der Waals surface area contributed by atoms with E-state index in [4.69, 9.17) is 0 Å². The number of Topliss-reactive ketones (excluding diaryl/α,β-unsaturated/α-hetero) is 1. The average Bonchev–Trinajstić information content (AvgIpc) is 2.78. The first-order valence-corrected chi connectivity index (χ1v) is 6.71. The maximum atomic E-state index is 11.3. The quantitative estimate of drug-likeness (QED) is 0.706. The highest BCUT2D eigenvalue weighted by atomic mass is 32.2. The fourth-order valence-electron chi connectivity index (χ4n) is 2.35. The van der Waals surface area contributed by atoms with E-state index in [1.165, 1.54) is 32.1 Å². The van der Waals surface area contributed by atoms with Gasteiger partial charge in [0.1, 0.15) is 0 Å². The lowest BCUT2D eigenvalue weighted by Crippen LogP contribution is -1.97. The van der Waals surface area contributed by atoms with Crippen molar-refractivity contribution in [3.8, 4) is 0 Å². The van der Waals surface area contributed by atoms with Gasteiger partial charge in [-0.05, 0) is 24.5 Å². The van der Waals surface area contributed by atoms with Crippen molar-refractivity contribution in [1.82, 2.24) is 0 Å². The minimum atomic E-state index is 0.376. The number of rotatable bonds is 4. The van der Waals surface area contributed by atoms with E-state index in [0.29, 0.717) is 5.78 Å². The first-order chi connectivity index (χ1) is 6.86. The molecule has 78 valence electrons. The van der Waals surface area contributed by atoms with Crippen molar-refractivity contribution >= 4 is 17.5 Å². The molecule has 0 saturated heterocycles. The van der Waals surface area contributed by atoms with E-state index in [9.17, 15) is 4.79 Å². The van der Waals surface area contributed by atoms with Crippen LogP contribution in [0.1, 0.15) is 44.9 Å². The lowest BCUT2D eigenvalue weighted by atomic mass is 10.1. The molecule has 0 unspecified atom stereocenters. The molecule has 0 bridgehead atoms. The monoisotopic (exact) mass is 210 g/mol. The van der Waals surface area contributed by atoms with E-state index in [1.54, 1.807) is 11.8 Å². The summed E-state index contributed by atoms with van der Waals surface area (Å²) in [5, 5.41) is 0. The summed E-state index contributed by atoms with van der Waals surface area (Å²) in [5.74, 6) is 2.49. The molecule has 0 amide bonds. The van der Waals surface area contributed by atoms with E-state index in [0.717, 1.165) is 29.4 Å². The third-order valence-corrected chi connectivity index (χ3v) is 4.38. The van der Waals surface area contributed by atoms with Gasteiger partial charge in [-0.2, -0.15) is 0 Å². The number of hydrogen-bond donors (Lipinski definition) is 0. The maximum absolute atomic E-state index is 11.3. The molecule has 0 aromatic rings. The molecule has 1 nitrogen and oxygen atoms in total. The van der Waals surface area contributed by atoms with Gasteiger partial charge in [0.05, 0.1) is 0 Å². The van der Waals surface area contributed by atoms with Crippen LogP contribution >= 0.6 is 11.8 Å². The molecule has 0 aromatic carbocycles. The van der Waals surface area contributed by atoms with Crippen LogP contribution in [0.5, 0.6) is 0 Å². The molecular formula is C12H18OS. The molecule has 0 aliphatic heterocycles. The number of hydrogen-bond acceptors (Lipinski definition) is 2. The normalized spacial score (nSPS) is 23.1. The van der Waals surface area contributed by atoms with Crippen molar-refractivity contribution in [1.29, 1.82) is 0 Å². The summed E-state index contributed by atoms with van der Waals surface area (Å²) in [6, 6.07) is 0. The molecule has 0 atom stereocenters. The van der Waals surface area contributed by atoms with Gasteiger partial charge in [-0.1, -0.05) is 31.8 Å². The Hall–Kier alpha value is -0.240. The molecule has 2 aliphatic rings. The number of carbonyl (C=O) groups excluding carboxylic acids is 1. The van der Waals surface area contributed by atoms with Crippen molar-refractivity contribution in [2.75, 3.05) is 5.75 Å². The van der Waals surface area contributed by atoms with Gasteiger partial charge in [-0.3, -0.25) is 4.79 Å². The Balaban J connectivity index is 1.64. The first-order valence-electron chi connectivity index (χ1n) is 5.72. The second-order valence-electron chi connectivity index (χ2n) is 4.32. The van der Waals surface area contributed by atoms with Crippen molar-refractivity contribution in [2.24, 2.45) is 5.92 Å². The van der Waals surface area contributed by atoms with Gasteiger partial charge in [0.25, 0.3) is 0 Å². The standard InChI is InChI=1S/C12H18OS/c13-11-6-3-7-12(11)14-9-8-10-4-1-2-5-10/h7,10H,1-6,8-9H2. The molecular weight excluding hydrogens is 192 g/mol. The molecule has 14 heavy (non-hydrogen) atoms. The van der Waals surface area contributed by atoms with Gasteiger partial charge < -0.3 is 0 Å². The molecule has 0 aromatic heterocycles. The van der Waals surface area contributed by atoms with Crippen LogP contribution < -0.4 is 0 Å². The molecule has 0 spiro atoms. The zero-order valence-corrected chi connectivity index (χ0v) is 9.44. The van der Waals surface area contributed by atoms with E-state index in [-0.39, 0.29) is 0 Å². The van der Waals surface area contributed by atoms with Crippen molar-refractivity contribution in [3.63, 3.8) is 0 Å². The van der Waals surface area contributed by atoms with Crippen LogP contribution in [-0.4, -0.2) is 11.5 Å². The van der Waals surface area contributed by atoms with Crippen molar-refractivity contribution in [2.45, 2.75) is 44.9 Å². The highest BCUT2D eigenvalue weighted by Gasteiger charge is 2.17. The minimum Gasteiger partial charge on any atom is -0.294 e. The third-order valence-electron chi connectivity index (χ3n) is 3.23. The Morgan fingerprint density at radius 2 is 2.14 bits per heavy atom. The summed E-state index contributed by atoms with van der Waals surface area (Å²) < 4.78 is 0. The molecule has 0 N–H and O–H groups in total. The van der Waals surface area contributed by atoms with Crippen LogP contribution in [0.2, 0.25) is 0 Å². The van der Waals surface area contributed by atoms with Gasteiger partial charge >= 0.3 is 0 Å². The summed E-state index contributed by atoms with van der Waals surface area (Å²) >= 11 is 1.79. The predicted octanol–water partition coefficient (Wildman–Crippen LogP) is 3.55. The van der Waals surface area contributed by atoms with Crippen LogP contribution in [0.4, 0.5) is 0 Å². The lowest BCUT2D eigenvalue weighted by Gasteiger charge is -2.07. The third kappa shape index (κ3) is 2.63. The number of carbonyl (C=O) groups is 1. The second-order valence-corrected chi connectivity index (χ2v) is 5.45. The summed E-state index contributed by atoms with van der Waals surface area (Å²) in [6.07, 6.45) is 10.9. The summed E-state index contributed by atoms with van der Waals surface area (Å²) in [6.45, 7) is 0. The Morgan fingerprint density at radius 3 is 2.79 bits per heavy atom. The maximum Gasteiger partial charge on any atom is 0.169 e. The van der Waals surface area contributed by atoms with Crippen LogP contribution in [0.25, 0.3) is 0 Å². The van der Waals surface area contributed by atoms with E-state index in [2.05, 4.69) is 6.08 Å². The fourth-order valence-corrected chi connectivity index (χ4v) is 3.52. The number of allylic oxidation sites excluding steroid dienone is 2. The SMILES string of the molecule is O=C1CCC=C1SCCC1CCCC1. The highest BCUT2D eigenvalue weighted by Crippen LogP contribution is 2.31. The first kappa shape index (κ1) is 10.3. The Kier molecular flexibility index (Phi) is 3.68. The minimum absolute atomic E-state index is 0.376. The van der Waals surface area contributed by atoms with Crippen LogP contribution in [0, 0.1) is 5.92 Å². The van der Waals surface area contributed by atoms with Crippen LogP contribution in [0.15, 0.2) is 11.0 Å². The van der Waals surface area contributed by atoms with Crippen molar-refractivity contribution < 1.29 is 4.79 Å². The van der Waals surface area contributed by atoms with Gasteiger partial charge in [-0.25, -0.2) is 0 Å². The summed E-state index contributed by atoms with van der Waals surface area (Å²) in [4.78, 5) is 12.4. The van der Waals surface area contributed by atoms with E-state index in [1.807, 2.05) is 0 Å². The van der Waals surface area contributed by atoms with Crippen molar-refractivity contribution in [3.05, 3.63) is 11.0 Å². The topological polar surface area (TPSA) is 17.1 Å². The van der Waals surface area contributed by atoms with Gasteiger partial charge in [0, 0.05) is 11.3 Å². The highest BCUT2D eigenvalue weighted by molar-refractivity contribution is 8.04. The Bertz CT molecular complexity index is 239. The average molecular weight is 210 g/mol. The zero-order chi connectivity index (χ0) is 9.80. The van der Waals surface area contributed by atoms with Gasteiger partial charge in [0.2, 0.25) is 0 Å². The number of ketones is 1. The van der Waals surface area contributed by atoms with Crippen LogP contribution in [0.3, 0.4) is 0 Å². The second kappa shape index (κ2) is 5.01. The molecule has 2 rings (SSSR count). The van der Waals surface area contributed by atoms with Gasteiger partial charge in [-0.15, -0.1) is 11.8 Å². The molecule has 1 fully saturated rings. The number of thioether (sulfide) groups is 1. The largest absolute Gasteiger partial charge is 0.294 e. The fraction of sp³-hybridized carbons (Fsp3) is 0.750. The van der Waals surface area contributed by atoms with Gasteiger partial charge in [0.15, 0.2) is 5.78 Å². The zero-order valence-electron chi connectivity index (χ0n) is 8.63. The molecule has 0 heterocycles. The Labute approximate surface area is 90.3 Å². The summed E-state index contributed by atoms with van der Waals surface area (Å²) in [7, 11) is 0. The molecule has 2 heteroatoms. The lowest BCUT2D eigenvalue weighted by molar-refractivity contribution is -0.114. The predicted molar refractivity (Wildman–Crippen MR) is 61.4 cm³/mol. The summed E-state index contributed by atoms with van der Waals surface area (Å²) in [5.41, 5.74) is 0.